The number of para-hydroxylation sites is 1. The molecule has 1 aliphatic rings. The molecule has 0 spiro atoms. The first-order valence-corrected chi connectivity index (χ1v) is 5.28. The molecule has 2 aromatic rings. The Bertz CT molecular complexity index is 491. The van der Waals surface area contributed by atoms with Crippen LogP contribution in [0, 0.1) is 11.8 Å². The lowest BCUT2D eigenvalue weighted by Gasteiger charge is -1.91. The van der Waals surface area contributed by atoms with Crippen molar-refractivity contribution in [1.82, 2.24) is 0 Å². The minimum atomic E-state index is 0.165. The highest BCUT2D eigenvalue weighted by Crippen LogP contribution is 2.40. The summed E-state index contributed by atoms with van der Waals surface area (Å²) in [7, 11) is 0. The molecule has 2 unspecified atom stereocenters. The third kappa shape index (κ3) is 1.37. The van der Waals surface area contributed by atoms with Crippen LogP contribution in [0.25, 0.3) is 11.0 Å². The number of fused-ring (bicyclic) bond motifs is 1. The highest BCUT2D eigenvalue weighted by atomic mass is 16.3. The van der Waals surface area contributed by atoms with E-state index in [4.69, 9.17) is 4.42 Å². The van der Waals surface area contributed by atoms with E-state index in [9.17, 15) is 4.79 Å². The summed E-state index contributed by atoms with van der Waals surface area (Å²) in [6.45, 7) is 2.10. The fourth-order valence-electron chi connectivity index (χ4n) is 1.97. The maximum Gasteiger partial charge on any atom is 0.201 e. The predicted octanol–water partition coefficient (Wildman–Crippen LogP) is 3.27. The van der Waals surface area contributed by atoms with E-state index in [2.05, 4.69) is 6.92 Å². The quantitative estimate of drug-likeness (QED) is 0.696. The molecule has 2 atom stereocenters. The SMILES string of the molecule is CC1CC1C(=O)c1cc2ccccc2o1. The van der Waals surface area contributed by atoms with Crippen LogP contribution in [-0.4, -0.2) is 5.78 Å². The normalized spacial score (nSPS) is 24.3. The van der Waals surface area contributed by atoms with Crippen molar-refractivity contribution < 1.29 is 9.21 Å². The van der Waals surface area contributed by atoms with Gasteiger partial charge in [-0.2, -0.15) is 0 Å². The van der Waals surface area contributed by atoms with Crippen LogP contribution in [0.15, 0.2) is 34.7 Å². The molecular formula is C13H12O2. The summed E-state index contributed by atoms with van der Waals surface area (Å²) in [5.41, 5.74) is 0.800. The standard InChI is InChI=1S/C13H12O2/c1-8-6-10(8)13(14)12-7-9-4-2-3-5-11(9)15-12/h2-5,7-8,10H,6H2,1H3. The summed E-state index contributed by atoms with van der Waals surface area (Å²) in [5.74, 6) is 1.42. The van der Waals surface area contributed by atoms with Crippen LogP contribution in [0.3, 0.4) is 0 Å². The Morgan fingerprint density at radius 1 is 1.40 bits per heavy atom. The minimum absolute atomic E-state index is 0.165. The maximum absolute atomic E-state index is 11.9. The highest BCUT2D eigenvalue weighted by Gasteiger charge is 2.40. The molecule has 0 radical (unpaired) electrons. The Morgan fingerprint density at radius 2 is 2.13 bits per heavy atom. The fraction of sp³-hybridized carbons (Fsp3) is 0.308. The van der Waals surface area contributed by atoms with E-state index < -0.39 is 0 Å². The van der Waals surface area contributed by atoms with Crippen molar-refractivity contribution in [2.45, 2.75) is 13.3 Å². The van der Waals surface area contributed by atoms with E-state index in [1.807, 2.05) is 30.3 Å². The van der Waals surface area contributed by atoms with Gasteiger partial charge >= 0.3 is 0 Å². The second-order valence-electron chi connectivity index (χ2n) is 4.33. The number of furan rings is 1. The third-order valence-electron chi connectivity index (χ3n) is 3.11. The summed E-state index contributed by atoms with van der Waals surface area (Å²) in [5, 5.41) is 1.01. The average Bonchev–Trinajstić information content (AvgIpc) is 2.81. The van der Waals surface area contributed by atoms with Crippen LogP contribution in [0.1, 0.15) is 23.9 Å². The monoisotopic (exact) mass is 200 g/mol. The van der Waals surface area contributed by atoms with E-state index in [0.717, 1.165) is 17.4 Å². The number of rotatable bonds is 2. The number of benzene rings is 1. The van der Waals surface area contributed by atoms with Crippen molar-refractivity contribution in [2.24, 2.45) is 11.8 Å². The average molecular weight is 200 g/mol. The number of Topliss-reactive ketones (excluding diaryl/α,β-unsaturated/α-hetero) is 1. The van der Waals surface area contributed by atoms with Crippen molar-refractivity contribution >= 4 is 16.8 Å². The molecule has 2 heteroatoms. The molecule has 3 rings (SSSR count). The molecule has 0 N–H and O–H groups in total. The zero-order valence-electron chi connectivity index (χ0n) is 8.57. The van der Waals surface area contributed by atoms with Gasteiger partial charge in [0.15, 0.2) is 5.76 Å². The molecule has 1 saturated carbocycles. The summed E-state index contributed by atoms with van der Waals surface area (Å²) in [6.07, 6.45) is 1.01. The number of carbonyl (C=O) groups excluding carboxylic acids is 1. The molecule has 0 amide bonds. The molecule has 1 aliphatic carbocycles. The molecule has 1 heterocycles. The van der Waals surface area contributed by atoms with Crippen molar-refractivity contribution in [3.05, 3.63) is 36.1 Å². The molecule has 1 aromatic carbocycles. The van der Waals surface area contributed by atoms with Crippen LogP contribution in [0.5, 0.6) is 0 Å². The van der Waals surface area contributed by atoms with Gasteiger partial charge in [0.1, 0.15) is 5.58 Å². The van der Waals surface area contributed by atoms with Gasteiger partial charge in [0.25, 0.3) is 0 Å². The summed E-state index contributed by atoms with van der Waals surface area (Å²) < 4.78 is 5.53. The van der Waals surface area contributed by atoms with Crippen molar-refractivity contribution in [2.75, 3.05) is 0 Å². The van der Waals surface area contributed by atoms with Crippen LogP contribution < -0.4 is 0 Å². The Kier molecular flexibility index (Phi) is 1.72. The van der Waals surface area contributed by atoms with Crippen LogP contribution in [0.2, 0.25) is 0 Å². The Balaban J connectivity index is 2.01. The van der Waals surface area contributed by atoms with Crippen LogP contribution in [0.4, 0.5) is 0 Å². The van der Waals surface area contributed by atoms with E-state index >= 15 is 0 Å². The van der Waals surface area contributed by atoms with E-state index in [0.29, 0.717) is 11.7 Å². The van der Waals surface area contributed by atoms with Crippen molar-refractivity contribution in [3.8, 4) is 0 Å². The summed E-state index contributed by atoms with van der Waals surface area (Å²) in [6, 6.07) is 9.57. The first kappa shape index (κ1) is 8.72. The van der Waals surface area contributed by atoms with Gasteiger partial charge in [-0.05, 0) is 24.5 Å². The smallest absolute Gasteiger partial charge is 0.201 e. The Morgan fingerprint density at radius 3 is 2.80 bits per heavy atom. The lowest BCUT2D eigenvalue weighted by molar-refractivity contribution is 0.0937. The molecule has 1 fully saturated rings. The Hall–Kier alpha value is -1.57. The second-order valence-corrected chi connectivity index (χ2v) is 4.33. The molecule has 76 valence electrons. The van der Waals surface area contributed by atoms with Gasteiger partial charge in [0, 0.05) is 11.3 Å². The Labute approximate surface area is 87.9 Å². The number of ketones is 1. The highest BCUT2D eigenvalue weighted by molar-refractivity contribution is 6.00. The number of hydrogen-bond acceptors (Lipinski definition) is 2. The topological polar surface area (TPSA) is 30.2 Å². The van der Waals surface area contributed by atoms with Gasteiger partial charge in [-0.3, -0.25) is 4.79 Å². The largest absolute Gasteiger partial charge is 0.453 e. The van der Waals surface area contributed by atoms with Gasteiger partial charge in [0.05, 0.1) is 0 Å². The van der Waals surface area contributed by atoms with Crippen LogP contribution in [-0.2, 0) is 0 Å². The van der Waals surface area contributed by atoms with E-state index in [-0.39, 0.29) is 11.7 Å². The van der Waals surface area contributed by atoms with Gasteiger partial charge in [0.2, 0.25) is 5.78 Å². The van der Waals surface area contributed by atoms with E-state index in [1.165, 1.54) is 0 Å². The van der Waals surface area contributed by atoms with Gasteiger partial charge in [-0.15, -0.1) is 0 Å². The zero-order valence-corrected chi connectivity index (χ0v) is 8.57. The van der Waals surface area contributed by atoms with Gasteiger partial charge < -0.3 is 4.42 Å². The fourth-order valence-corrected chi connectivity index (χ4v) is 1.97. The number of carbonyl (C=O) groups is 1. The van der Waals surface area contributed by atoms with Gasteiger partial charge in [-0.25, -0.2) is 0 Å². The predicted molar refractivity (Wildman–Crippen MR) is 57.8 cm³/mol. The van der Waals surface area contributed by atoms with E-state index in [1.54, 1.807) is 0 Å². The molecule has 0 aliphatic heterocycles. The molecule has 15 heavy (non-hydrogen) atoms. The van der Waals surface area contributed by atoms with Crippen molar-refractivity contribution in [3.63, 3.8) is 0 Å². The zero-order chi connectivity index (χ0) is 10.4. The van der Waals surface area contributed by atoms with Crippen molar-refractivity contribution in [1.29, 1.82) is 0 Å². The van der Waals surface area contributed by atoms with Gasteiger partial charge in [-0.1, -0.05) is 25.1 Å². The summed E-state index contributed by atoms with van der Waals surface area (Å²) >= 11 is 0. The number of hydrogen-bond donors (Lipinski definition) is 0. The molecule has 1 aromatic heterocycles. The molecule has 2 nitrogen and oxygen atoms in total. The lowest BCUT2D eigenvalue weighted by Crippen LogP contribution is -2.00. The lowest BCUT2D eigenvalue weighted by atomic mass is 10.1. The first-order valence-electron chi connectivity index (χ1n) is 5.28. The molecular weight excluding hydrogens is 188 g/mol. The second kappa shape index (κ2) is 2.96. The minimum Gasteiger partial charge on any atom is -0.453 e. The third-order valence-corrected chi connectivity index (χ3v) is 3.11. The first-order chi connectivity index (χ1) is 7.25. The molecule has 0 saturated heterocycles. The maximum atomic E-state index is 11.9. The van der Waals surface area contributed by atoms with Crippen LogP contribution >= 0.6 is 0 Å². The molecule has 0 bridgehead atoms. The summed E-state index contributed by atoms with van der Waals surface area (Å²) in [4.78, 5) is 11.9.